The summed E-state index contributed by atoms with van der Waals surface area (Å²) in [6, 6.07) is 0. The number of nitrogens with one attached hydrogen (secondary N) is 1. The molecule has 1 N–H and O–H groups in total. The first-order valence-electron chi connectivity index (χ1n) is 8.11. The third-order valence-corrected chi connectivity index (χ3v) is 4.08. The van der Waals surface area contributed by atoms with Crippen LogP contribution in [0.25, 0.3) is 0 Å². The number of nitrogens with zero attached hydrogens (tertiary/aromatic N) is 2. The molecule has 0 amide bonds. The maximum absolute atomic E-state index is 2.39. The van der Waals surface area contributed by atoms with Gasteiger partial charge in [0.2, 0.25) is 0 Å². The summed E-state index contributed by atoms with van der Waals surface area (Å²) < 4.78 is 2.37. The summed E-state index contributed by atoms with van der Waals surface area (Å²) in [5.41, 5.74) is 0. The van der Waals surface area contributed by atoms with Crippen LogP contribution in [0.3, 0.4) is 0 Å². The highest BCUT2D eigenvalue weighted by atomic mass is 15.3. The first-order valence-corrected chi connectivity index (χ1v) is 8.11. The Morgan fingerprint density at radius 3 is 1.53 bits per heavy atom. The van der Waals surface area contributed by atoms with Crippen LogP contribution in [0.15, 0.2) is 0 Å². The van der Waals surface area contributed by atoms with Crippen molar-refractivity contribution in [1.29, 1.82) is 0 Å². The molecule has 0 rings (SSSR count). The van der Waals surface area contributed by atoms with E-state index in [4.69, 9.17) is 0 Å². The van der Waals surface area contributed by atoms with Crippen molar-refractivity contribution in [2.75, 3.05) is 75.0 Å². The molecule has 0 atom stereocenters. The van der Waals surface area contributed by atoms with Crippen molar-refractivity contribution in [2.24, 2.45) is 0 Å². The fraction of sp³-hybridized carbons (Fsp3) is 1.00. The Hall–Kier alpha value is -0.120. The SMILES string of the molecule is CCCC[N+](C)(C)CCC[N+](C)(C)CCC[NH+](C)C. The van der Waals surface area contributed by atoms with Crippen molar-refractivity contribution in [3.05, 3.63) is 0 Å². The minimum atomic E-state index is 1.18. The van der Waals surface area contributed by atoms with Crippen molar-refractivity contribution in [3.63, 3.8) is 0 Å². The predicted molar refractivity (Wildman–Crippen MR) is 85.5 cm³/mol. The summed E-state index contributed by atoms with van der Waals surface area (Å²) in [5.74, 6) is 0. The van der Waals surface area contributed by atoms with Crippen LogP contribution >= 0.6 is 0 Å². The van der Waals surface area contributed by atoms with E-state index in [2.05, 4.69) is 49.2 Å². The maximum Gasteiger partial charge on any atom is 0.0836 e. The van der Waals surface area contributed by atoms with Gasteiger partial charge >= 0.3 is 0 Å². The van der Waals surface area contributed by atoms with E-state index in [0.717, 1.165) is 0 Å². The molecule has 3 heteroatoms. The van der Waals surface area contributed by atoms with Crippen molar-refractivity contribution in [1.82, 2.24) is 0 Å². The van der Waals surface area contributed by atoms with Crippen LogP contribution in [-0.4, -0.2) is 84.0 Å². The third kappa shape index (κ3) is 11.4. The molecule has 3 nitrogen and oxygen atoms in total. The lowest BCUT2D eigenvalue weighted by molar-refractivity contribution is -0.913. The molecule has 0 aromatic rings. The van der Waals surface area contributed by atoms with Crippen LogP contribution in [0.2, 0.25) is 0 Å². The molecule has 0 spiro atoms. The highest BCUT2D eigenvalue weighted by molar-refractivity contribution is 4.42. The van der Waals surface area contributed by atoms with Gasteiger partial charge in [0.15, 0.2) is 0 Å². The topological polar surface area (TPSA) is 4.44 Å². The van der Waals surface area contributed by atoms with E-state index in [0.29, 0.717) is 0 Å². The van der Waals surface area contributed by atoms with Gasteiger partial charge in [0.1, 0.15) is 0 Å². The minimum absolute atomic E-state index is 1.18. The van der Waals surface area contributed by atoms with Crippen LogP contribution < -0.4 is 4.90 Å². The smallest absolute Gasteiger partial charge is 0.0836 e. The fourth-order valence-electron chi connectivity index (χ4n) is 2.60. The van der Waals surface area contributed by atoms with Crippen LogP contribution in [0, 0.1) is 0 Å². The molecule has 0 bridgehead atoms. The molecule has 0 fully saturated rings. The third-order valence-electron chi connectivity index (χ3n) is 4.08. The number of hydrogen-bond acceptors (Lipinski definition) is 0. The summed E-state index contributed by atoms with van der Waals surface area (Å²) in [4.78, 5) is 1.57. The highest BCUT2D eigenvalue weighted by Crippen LogP contribution is 2.06. The molecule has 0 aromatic carbocycles. The van der Waals surface area contributed by atoms with Gasteiger partial charge in [-0.2, -0.15) is 0 Å². The molecule has 19 heavy (non-hydrogen) atoms. The first kappa shape index (κ1) is 18.9. The number of hydrogen-bond donors (Lipinski definition) is 1. The largest absolute Gasteiger partial charge is 0.340 e. The van der Waals surface area contributed by atoms with Gasteiger partial charge in [-0.25, -0.2) is 0 Å². The predicted octanol–water partition coefficient (Wildman–Crippen LogP) is 0.864. The molecule has 0 heterocycles. The Balaban J connectivity index is 3.84. The second-order valence-electron chi connectivity index (χ2n) is 7.78. The van der Waals surface area contributed by atoms with Gasteiger partial charge in [0.25, 0.3) is 0 Å². The molecule has 0 saturated heterocycles. The van der Waals surface area contributed by atoms with Crippen LogP contribution in [0.1, 0.15) is 32.6 Å². The normalized spacial score (nSPS) is 13.3. The first-order chi connectivity index (χ1) is 8.68. The molecule has 0 unspecified atom stereocenters. The quantitative estimate of drug-likeness (QED) is 0.533. The van der Waals surface area contributed by atoms with E-state index >= 15 is 0 Å². The molecule has 0 aromatic heterocycles. The Kier molecular flexibility index (Phi) is 8.88. The van der Waals surface area contributed by atoms with Crippen molar-refractivity contribution >= 4 is 0 Å². The zero-order valence-corrected chi connectivity index (χ0v) is 14.8. The van der Waals surface area contributed by atoms with Gasteiger partial charge in [-0.05, 0) is 6.42 Å². The lowest BCUT2D eigenvalue weighted by Crippen LogP contribution is -3.05. The zero-order chi connectivity index (χ0) is 14.9. The molecule has 0 radical (unpaired) electrons. The monoisotopic (exact) mass is 274 g/mol. The Labute approximate surface area is 122 Å². The van der Waals surface area contributed by atoms with Gasteiger partial charge in [-0.3, -0.25) is 0 Å². The van der Waals surface area contributed by atoms with Gasteiger partial charge in [-0.15, -0.1) is 0 Å². The van der Waals surface area contributed by atoms with E-state index in [-0.39, 0.29) is 0 Å². The van der Waals surface area contributed by atoms with Crippen molar-refractivity contribution in [2.45, 2.75) is 32.6 Å². The summed E-state index contributed by atoms with van der Waals surface area (Å²) in [6.45, 7) is 8.85. The summed E-state index contributed by atoms with van der Waals surface area (Å²) >= 11 is 0. The lowest BCUT2D eigenvalue weighted by atomic mass is 10.2. The minimum Gasteiger partial charge on any atom is -0.340 e. The highest BCUT2D eigenvalue weighted by Gasteiger charge is 2.19. The van der Waals surface area contributed by atoms with Gasteiger partial charge < -0.3 is 13.9 Å². The van der Waals surface area contributed by atoms with Crippen LogP contribution in [0.5, 0.6) is 0 Å². The standard InChI is InChI=1S/C16H39N3/c1-8-9-13-18(4,5)15-11-16-19(6,7)14-10-12-17(2)3/h8-16H2,1-7H3/q+2/p+1. The second-order valence-corrected chi connectivity index (χ2v) is 7.78. The average Bonchev–Trinajstić information content (AvgIpc) is 2.25. The van der Waals surface area contributed by atoms with E-state index in [1.165, 1.54) is 67.4 Å². The van der Waals surface area contributed by atoms with Crippen LogP contribution in [-0.2, 0) is 0 Å². The Morgan fingerprint density at radius 1 is 0.684 bits per heavy atom. The lowest BCUT2D eigenvalue weighted by Gasteiger charge is -2.33. The molecule has 0 aliphatic rings. The van der Waals surface area contributed by atoms with Gasteiger partial charge in [-0.1, -0.05) is 13.3 Å². The molecular formula is C16H40N3+3. The van der Waals surface area contributed by atoms with Gasteiger partial charge in [0.05, 0.1) is 75.0 Å². The van der Waals surface area contributed by atoms with E-state index in [1.54, 1.807) is 4.90 Å². The Bertz CT molecular complexity index is 222. The van der Waals surface area contributed by atoms with E-state index in [1.807, 2.05) is 0 Å². The van der Waals surface area contributed by atoms with Crippen molar-refractivity contribution in [3.8, 4) is 0 Å². The summed E-state index contributed by atoms with van der Waals surface area (Å²) in [6.07, 6.45) is 5.36. The number of rotatable bonds is 11. The van der Waals surface area contributed by atoms with Crippen molar-refractivity contribution < 1.29 is 13.9 Å². The van der Waals surface area contributed by atoms with Crippen LogP contribution in [0.4, 0.5) is 0 Å². The Morgan fingerprint density at radius 2 is 1.11 bits per heavy atom. The molecule has 116 valence electrons. The van der Waals surface area contributed by atoms with Gasteiger partial charge in [0, 0.05) is 12.8 Å². The maximum atomic E-state index is 2.39. The zero-order valence-electron chi connectivity index (χ0n) is 14.8. The molecule has 0 saturated carbocycles. The molecule has 0 aliphatic heterocycles. The molecule has 0 aliphatic carbocycles. The van der Waals surface area contributed by atoms with E-state index < -0.39 is 0 Å². The second kappa shape index (κ2) is 8.93. The fourth-order valence-corrected chi connectivity index (χ4v) is 2.60. The number of quaternary nitrogens is 3. The summed E-state index contributed by atoms with van der Waals surface area (Å²) in [7, 11) is 14.0. The average molecular weight is 275 g/mol. The van der Waals surface area contributed by atoms with E-state index in [9.17, 15) is 0 Å². The number of unbranched alkanes of at least 4 members (excludes halogenated alkanes) is 1. The summed E-state index contributed by atoms with van der Waals surface area (Å²) in [5, 5.41) is 0. The molecular weight excluding hydrogens is 234 g/mol.